The van der Waals surface area contributed by atoms with E-state index in [0.717, 1.165) is 11.4 Å². The van der Waals surface area contributed by atoms with Crippen LogP contribution in [0.1, 0.15) is 31.2 Å². The quantitative estimate of drug-likeness (QED) is 0.794. The Bertz CT molecular complexity index is 815. The number of nitrogens with one attached hydrogen (secondary N) is 2. The highest BCUT2D eigenvalue weighted by Gasteiger charge is 2.30. The van der Waals surface area contributed by atoms with E-state index in [4.69, 9.17) is 4.74 Å². The Morgan fingerprint density at radius 2 is 1.57 bits per heavy atom. The lowest BCUT2D eigenvalue weighted by Gasteiger charge is -2.27. The second kappa shape index (κ2) is 9.35. The monoisotopic (exact) mass is 384 g/mol. The third-order valence-corrected chi connectivity index (χ3v) is 5.24. The van der Waals surface area contributed by atoms with Gasteiger partial charge in [-0.1, -0.05) is 18.2 Å². The van der Waals surface area contributed by atoms with E-state index in [1.165, 1.54) is 6.07 Å². The van der Waals surface area contributed by atoms with Gasteiger partial charge in [0.15, 0.2) is 0 Å². The summed E-state index contributed by atoms with van der Waals surface area (Å²) in [6, 6.07) is 13.6. The predicted molar refractivity (Wildman–Crippen MR) is 105 cm³/mol. The summed E-state index contributed by atoms with van der Waals surface area (Å²) in [4.78, 5) is 24.8. The summed E-state index contributed by atoms with van der Waals surface area (Å²) >= 11 is 0. The molecule has 3 rings (SSSR count). The van der Waals surface area contributed by atoms with Crippen LogP contribution in [0.3, 0.4) is 0 Å². The van der Waals surface area contributed by atoms with E-state index in [9.17, 15) is 14.0 Å². The molecule has 2 aromatic rings. The predicted octanol–water partition coefficient (Wildman–Crippen LogP) is 3.90. The first-order chi connectivity index (χ1) is 13.6. The summed E-state index contributed by atoms with van der Waals surface area (Å²) in [6.45, 7) is 0.184. The highest BCUT2D eigenvalue weighted by atomic mass is 19.1. The Morgan fingerprint density at radius 1 is 0.964 bits per heavy atom. The van der Waals surface area contributed by atoms with Gasteiger partial charge < -0.3 is 15.4 Å². The zero-order valence-corrected chi connectivity index (χ0v) is 15.9. The van der Waals surface area contributed by atoms with Crippen molar-refractivity contribution in [3.05, 3.63) is 59.9 Å². The molecule has 0 bridgehead atoms. The largest absolute Gasteiger partial charge is 0.497 e. The minimum Gasteiger partial charge on any atom is -0.497 e. The molecular weight excluding hydrogens is 359 g/mol. The van der Waals surface area contributed by atoms with Gasteiger partial charge in [-0.2, -0.15) is 0 Å². The molecule has 0 heterocycles. The van der Waals surface area contributed by atoms with E-state index in [-0.39, 0.29) is 36.0 Å². The Labute approximate surface area is 164 Å². The molecular formula is C22H25FN2O3. The first kappa shape index (κ1) is 19.9. The molecule has 2 aromatic carbocycles. The van der Waals surface area contributed by atoms with E-state index in [1.807, 2.05) is 0 Å². The van der Waals surface area contributed by atoms with Crippen LogP contribution in [0.5, 0.6) is 5.75 Å². The van der Waals surface area contributed by atoms with Crippen LogP contribution in [-0.4, -0.2) is 18.9 Å². The molecule has 0 saturated heterocycles. The molecule has 5 nitrogen and oxygen atoms in total. The Kier molecular flexibility index (Phi) is 6.63. The fourth-order valence-corrected chi connectivity index (χ4v) is 3.50. The normalized spacial score (nSPS) is 18.9. The van der Waals surface area contributed by atoms with Gasteiger partial charge >= 0.3 is 0 Å². The topological polar surface area (TPSA) is 67.4 Å². The van der Waals surface area contributed by atoms with Crippen molar-refractivity contribution in [3.8, 4) is 5.75 Å². The average Bonchev–Trinajstić information content (AvgIpc) is 2.73. The van der Waals surface area contributed by atoms with E-state index in [1.54, 1.807) is 49.6 Å². The zero-order valence-electron chi connectivity index (χ0n) is 15.9. The fourth-order valence-electron chi connectivity index (χ4n) is 3.50. The van der Waals surface area contributed by atoms with Crippen LogP contribution in [0.4, 0.5) is 10.1 Å². The van der Waals surface area contributed by atoms with Crippen LogP contribution in [0, 0.1) is 17.7 Å². The smallest absolute Gasteiger partial charge is 0.227 e. The van der Waals surface area contributed by atoms with Crippen molar-refractivity contribution >= 4 is 17.5 Å². The Morgan fingerprint density at radius 3 is 2.18 bits per heavy atom. The number of anilines is 1. The number of carbonyl (C=O) groups is 2. The molecule has 0 unspecified atom stereocenters. The van der Waals surface area contributed by atoms with Crippen molar-refractivity contribution in [2.75, 3.05) is 12.4 Å². The van der Waals surface area contributed by atoms with Crippen molar-refractivity contribution in [1.82, 2.24) is 5.32 Å². The molecule has 28 heavy (non-hydrogen) atoms. The standard InChI is InChI=1S/C22H25FN2O3/c1-28-19-12-10-18(11-13-19)25-22(27)16-8-6-15(7-9-16)21(26)24-14-17-4-2-3-5-20(17)23/h2-5,10-13,15-16H,6-9,14H2,1H3,(H,24,26)(H,25,27). The van der Waals surface area contributed by atoms with Gasteiger partial charge in [0.2, 0.25) is 11.8 Å². The molecule has 2 N–H and O–H groups in total. The van der Waals surface area contributed by atoms with Gasteiger partial charge in [-0.15, -0.1) is 0 Å². The van der Waals surface area contributed by atoms with E-state index >= 15 is 0 Å². The summed E-state index contributed by atoms with van der Waals surface area (Å²) in [5.74, 6) is 0.101. The molecule has 1 aliphatic rings. The maximum atomic E-state index is 13.6. The fraction of sp³-hybridized carbons (Fsp3) is 0.364. The summed E-state index contributed by atoms with van der Waals surface area (Å²) in [7, 11) is 1.60. The van der Waals surface area contributed by atoms with Crippen LogP contribution in [0.15, 0.2) is 48.5 Å². The Balaban J connectivity index is 1.44. The van der Waals surface area contributed by atoms with Gasteiger partial charge in [0.05, 0.1) is 7.11 Å². The van der Waals surface area contributed by atoms with Crippen molar-refractivity contribution in [2.24, 2.45) is 11.8 Å². The van der Waals surface area contributed by atoms with E-state index in [0.29, 0.717) is 31.2 Å². The number of ether oxygens (including phenoxy) is 1. The first-order valence-corrected chi connectivity index (χ1v) is 9.53. The number of hydrogen-bond acceptors (Lipinski definition) is 3. The second-order valence-electron chi connectivity index (χ2n) is 7.08. The minimum atomic E-state index is -0.318. The molecule has 2 amide bonds. The van der Waals surface area contributed by atoms with Gasteiger partial charge in [0, 0.05) is 29.6 Å². The van der Waals surface area contributed by atoms with Crippen LogP contribution < -0.4 is 15.4 Å². The minimum absolute atomic E-state index is 0.0182. The maximum absolute atomic E-state index is 13.6. The summed E-state index contributed by atoms with van der Waals surface area (Å²) in [5, 5.41) is 5.74. The highest BCUT2D eigenvalue weighted by molar-refractivity contribution is 5.92. The number of benzene rings is 2. The van der Waals surface area contributed by atoms with Crippen molar-refractivity contribution < 1.29 is 18.7 Å². The molecule has 148 valence electrons. The van der Waals surface area contributed by atoms with E-state index < -0.39 is 0 Å². The number of halogens is 1. The molecule has 0 aromatic heterocycles. The summed E-state index contributed by atoms with van der Waals surface area (Å²) in [5.41, 5.74) is 1.21. The van der Waals surface area contributed by atoms with Gasteiger partial charge in [-0.25, -0.2) is 4.39 Å². The SMILES string of the molecule is COc1ccc(NC(=O)C2CCC(C(=O)NCc3ccccc3F)CC2)cc1. The molecule has 1 aliphatic carbocycles. The third kappa shape index (κ3) is 5.09. The van der Waals surface area contributed by atoms with Crippen molar-refractivity contribution in [1.29, 1.82) is 0 Å². The molecule has 6 heteroatoms. The van der Waals surface area contributed by atoms with E-state index in [2.05, 4.69) is 10.6 Å². The number of hydrogen-bond donors (Lipinski definition) is 2. The number of methoxy groups -OCH3 is 1. The third-order valence-electron chi connectivity index (χ3n) is 5.24. The number of rotatable bonds is 6. The molecule has 1 saturated carbocycles. The second-order valence-corrected chi connectivity index (χ2v) is 7.08. The molecule has 0 spiro atoms. The van der Waals surface area contributed by atoms with Crippen molar-refractivity contribution in [3.63, 3.8) is 0 Å². The van der Waals surface area contributed by atoms with Crippen LogP contribution in [0.2, 0.25) is 0 Å². The van der Waals surface area contributed by atoms with Gasteiger partial charge in [0.1, 0.15) is 11.6 Å². The molecule has 1 fully saturated rings. The number of carbonyl (C=O) groups excluding carboxylic acids is 2. The zero-order chi connectivity index (χ0) is 19.9. The average molecular weight is 384 g/mol. The van der Waals surface area contributed by atoms with Gasteiger partial charge in [-0.05, 0) is 56.0 Å². The molecule has 0 atom stereocenters. The first-order valence-electron chi connectivity index (χ1n) is 9.53. The van der Waals surface area contributed by atoms with Gasteiger partial charge in [-0.3, -0.25) is 9.59 Å². The van der Waals surface area contributed by atoms with Crippen LogP contribution >= 0.6 is 0 Å². The summed E-state index contributed by atoms with van der Waals surface area (Å²) in [6.07, 6.45) is 2.65. The lowest BCUT2D eigenvalue weighted by molar-refractivity contribution is -0.128. The van der Waals surface area contributed by atoms with Crippen molar-refractivity contribution in [2.45, 2.75) is 32.2 Å². The lowest BCUT2D eigenvalue weighted by Crippen LogP contribution is -2.35. The van der Waals surface area contributed by atoms with Crippen LogP contribution in [-0.2, 0) is 16.1 Å². The summed E-state index contributed by atoms with van der Waals surface area (Å²) < 4.78 is 18.7. The highest BCUT2D eigenvalue weighted by Crippen LogP contribution is 2.30. The Hall–Kier alpha value is -2.89. The van der Waals surface area contributed by atoms with Gasteiger partial charge in [0.25, 0.3) is 0 Å². The lowest BCUT2D eigenvalue weighted by atomic mass is 9.81. The molecule has 0 aliphatic heterocycles. The maximum Gasteiger partial charge on any atom is 0.227 e. The van der Waals surface area contributed by atoms with Crippen LogP contribution in [0.25, 0.3) is 0 Å². The number of amides is 2. The molecule has 0 radical (unpaired) electrons.